The molecule has 0 rings (SSSR count). The highest BCUT2D eigenvalue weighted by Gasteiger charge is 2.43. The van der Waals surface area contributed by atoms with Crippen molar-refractivity contribution in [2.24, 2.45) is 0 Å². The highest BCUT2D eigenvalue weighted by molar-refractivity contribution is 6.81. The zero-order chi connectivity index (χ0) is 16.9. The first-order chi connectivity index (χ1) is 10.6. The molecule has 0 unspecified atom stereocenters. The van der Waals surface area contributed by atoms with Gasteiger partial charge in [-0.3, -0.25) is 0 Å². The van der Waals surface area contributed by atoms with Crippen molar-refractivity contribution in [3.8, 4) is 0 Å². The fraction of sp³-hybridized carbons (Fsp3) is 1.00. The largest absolute Gasteiger partial charge is 0.500 e. The van der Waals surface area contributed by atoms with Crippen LogP contribution in [0, 0.1) is 0 Å². The predicted octanol–water partition coefficient (Wildman–Crippen LogP) is 5.71. The molecule has 22 heavy (non-hydrogen) atoms. The van der Waals surface area contributed by atoms with Gasteiger partial charge in [0.1, 0.15) is 0 Å². The third-order valence-corrected chi connectivity index (χ3v) is 13.9. The van der Waals surface area contributed by atoms with Crippen LogP contribution in [0.5, 0.6) is 0 Å². The lowest BCUT2D eigenvalue weighted by molar-refractivity contribution is 0.0603. The second kappa shape index (κ2) is 12.7. The Morgan fingerprint density at radius 2 is 0.909 bits per heavy atom. The van der Waals surface area contributed by atoms with Crippen LogP contribution >= 0.6 is 0 Å². The summed E-state index contributed by atoms with van der Waals surface area (Å²) >= 11 is 0. The minimum absolute atomic E-state index is 0.762. The number of hydrogen-bond donors (Lipinski definition) is 0. The lowest BCUT2D eigenvalue weighted by Crippen LogP contribution is -2.48. The Hall–Kier alpha value is 0.314. The summed E-state index contributed by atoms with van der Waals surface area (Å²) in [6.45, 7) is 15.9. The maximum Gasteiger partial charge on any atom is 0.500 e. The van der Waals surface area contributed by atoms with E-state index in [9.17, 15) is 0 Å². The van der Waals surface area contributed by atoms with Crippen LogP contribution in [0.15, 0.2) is 0 Å². The predicted molar refractivity (Wildman–Crippen MR) is 101 cm³/mol. The van der Waals surface area contributed by atoms with Gasteiger partial charge >= 0.3 is 8.80 Å². The highest BCUT2D eigenvalue weighted by atomic mass is 28.4. The Morgan fingerprint density at radius 3 is 1.18 bits per heavy atom. The van der Waals surface area contributed by atoms with Crippen LogP contribution in [0.1, 0.15) is 60.8 Å². The van der Waals surface area contributed by atoms with Crippen molar-refractivity contribution in [2.45, 2.75) is 91.0 Å². The van der Waals surface area contributed by atoms with Gasteiger partial charge in [-0.25, -0.2) is 0 Å². The summed E-state index contributed by atoms with van der Waals surface area (Å²) in [6, 6.07) is 6.40. The molecule has 0 saturated heterocycles. The van der Waals surface area contributed by atoms with E-state index in [-0.39, 0.29) is 0 Å². The Kier molecular flexibility index (Phi) is 12.9. The van der Waals surface area contributed by atoms with Gasteiger partial charge in [-0.1, -0.05) is 65.7 Å². The van der Waals surface area contributed by atoms with Gasteiger partial charge in [-0.2, -0.15) is 0 Å². The smallest absolute Gasteiger partial charge is 0.373 e. The molecule has 0 aliphatic rings. The van der Waals surface area contributed by atoms with Crippen LogP contribution in [0.2, 0.25) is 30.2 Å². The molecule has 0 aromatic rings. The molecule has 0 fully saturated rings. The van der Waals surface area contributed by atoms with Crippen LogP contribution in [-0.2, 0) is 13.3 Å². The fourth-order valence-corrected chi connectivity index (χ4v) is 10.9. The third-order valence-electron chi connectivity index (χ3n) is 4.79. The lowest BCUT2D eigenvalue weighted by Gasteiger charge is -2.34. The molecule has 0 atom stereocenters. The number of rotatable bonds is 15. The van der Waals surface area contributed by atoms with Crippen molar-refractivity contribution in [1.82, 2.24) is 0 Å². The average molecular weight is 349 g/mol. The maximum atomic E-state index is 6.23. The molecule has 0 radical (unpaired) electrons. The van der Waals surface area contributed by atoms with Crippen LogP contribution in [0.4, 0.5) is 0 Å². The molecule has 5 heteroatoms. The van der Waals surface area contributed by atoms with E-state index < -0.39 is 16.9 Å². The molecule has 0 aromatic carbocycles. The second-order valence-corrected chi connectivity index (χ2v) is 14.6. The van der Waals surface area contributed by atoms with E-state index in [1.807, 2.05) is 0 Å². The monoisotopic (exact) mass is 348 g/mol. The highest BCUT2D eigenvalue weighted by Crippen LogP contribution is 2.31. The average Bonchev–Trinajstić information content (AvgIpc) is 2.57. The first-order valence-corrected chi connectivity index (χ1v) is 14.2. The van der Waals surface area contributed by atoms with Crippen LogP contribution in [0.25, 0.3) is 0 Å². The zero-order valence-electron chi connectivity index (χ0n) is 16.0. The van der Waals surface area contributed by atoms with Gasteiger partial charge in [0.2, 0.25) is 0 Å². The molecule has 0 heterocycles. The number of hydrogen-bond acceptors (Lipinski definition) is 3. The molecule has 0 bridgehead atoms. The summed E-state index contributed by atoms with van der Waals surface area (Å²) in [7, 11) is -3.63. The van der Waals surface area contributed by atoms with E-state index in [1.165, 1.54) is 24.2 Å². The van der Waals surface area contributed by atoms with Crippen molar-refractivity contribution in [3.05, 3.63) is 0 Å². The molecule has 0 aromatic heterocycles. The van der Waals surface area contributed by atoms with E-state index in [2.05, 4.69) is 41.5 Å². The minimum Gasteiger partial charge on any atom is -0.373 e. The Labute approximate surface area is 141 Å². The summed E-state index contributed by atoms with van der Waals surface area (Å²) in [5, 5.41) is 0. The summed E-state index contributed by atoms with van der Waals surface area (Å²) in [6.07, 6.45) is 3.08. The first kappa shape index (κ1) is 22.3. The lowest BCUT2D eigenvalue weighted by atomic mass is 10.5. The Balaban J connectivity index is 4.97. The molecule has 0 spiro atoms. The minimum atomic E-state index is -2.48. The zero-order valence-corrected chi connectivity index (χ0v) is 18.0. The molecule has 3 nitrogen and oxygen atoms in total. The van der Waals surface area contributed by atoms with Gasteiger partial charge in [-0.15, -0.1) is 0 Å². The standard InChI is InChI=1S/C17H40O3Si2/c1-7-13-18-22(19-14-8-2,20-15-9-3)17-16-21(10-4,11-5)12-6/h7-17H2,1-6H3. The second-order valence-electron chi connectivity index (χ2n) is 6.29. The fourth-order valence-electron chi connectivity index (χ4n) is 2.81. The first-order valence-electron chi connectivity index (χ1n) is 9.49. The van der Waals surface area contributed by atoms with Crippen molar-refractivity contribution in [1.29, 1.82) is 0 Å². The van der Waals surface area contributed by atoms with Gasteiger partial charge in [0.15, 0.2) is 0 Å². The van der Waals surface area contributed by atoms with E-state index in [1.54, 1.807) is 0 Å². The topological polar surface area (TPSA) is 27.7 Å². The van der Waals surface area contributed by atoms with Crippen LogP contribution in [0.3, 0.4) is 0 Å². The molecular formula is C17H40O3Si2. The normalized spacial score (nSPS) is 12.8. The van der Waals surface area contributed by atoms with E-state index in [0.29, 0.717) is 0 Å². The maximum absolute atomic E-state index is 6.23. The van der Waals surface area contributed by atoms with Crippen LogP contribution < -0.4 is 0 Å². The third kappa shape index (κ3) is 7.73. The quantitative estimate of drug-likeness (QED) is 0.355. The Morgan fingerprint density at radius 1 is 0.545 bits per heavy atom. The molecule has 0 saturated carbocycles. The van der Waals surface area contributed by atoms with Gasteiger partial charge in [0, 0.05) is 25.9 Å². The summed E-state index contributed by atoms with van der Waals surface area (Å²) in [4.78, 5) is 0. The van der Waals surface area contributed by atoms with Crippen molar-refractivity contribution < 1.29 is 13.3 Å². The Bertz CT molecular complexity index is 228. The molecule has 134 valence electrons. The van der Waals surface area contributed by atoms with Crippen molar-refractivity contribution >= 4 is 16.9 Å². The van der Waals surface area contributed by atoms with Gasteiger partial charge in [0.25, 0.3) is 0 Å². The van der Waals surface area contributed by atoms with E-state index in [4.69, 9.17) is 13.3 Å². The molecular weight excluding hydrogens is 308 g/mol. The van der Waals surface area contributed by atoms with Crippen LogP contribution in [-0.4, -0.2) is 36.7 Å². The molecule has 0 N–H and O–H groups in total. The van der Waals surface area contributed by atoms with Gasteiger partial charge in [-0.05, 0) is 19.3 Å². The van der Waals surface area contributed by atoms with Crippen molar-refractivity contribution in [2.75, 3.05) is 19.8 Å². The molecule has 0 amide bonds. The van der Waals surface area contributed by atoms with Crippen molar-refractivity contribution in [3.63, 3.8) is 0 Å². The summed E-state index contributed by atoms with van der Waals surface area (Å²) < 4.78 is 18.7. The molecule has 0 aliphatic carbocycles. The molecule has 0 aliphatic heterocycles. The van der Waals surface area contributed by atoms with Gasteiger partial charge in [0.05, 0.1) is 8.07 Å². The van der Waals surface area contributed by atoms with E-state index in [0.717, 1.165) is 45.1 Å². The summed E-state index contributed by atoms with van der Waals surface area (Å²) in [5.41, 5.74) is 0. The van der Waals surface area contributed by atoms with Gasteiger partial charge < -0.3 is 13.3 Å². The SMILES string of the molecule is CCCO[Si](CC[Si](CC)(CC)CC)(OCCC)OCCC. The summed E-state index contributed by atoms with van der Waals surface area (Å²) in [5.74, 6) is 0. The van der Waals surface area contributed by atoms with E-state index >= 15 is 0 Å².